The second-order valence-corrected chi connectivity index (χ2v) is 4.17. The number of hydrogen-bond donors (Lipinski definition) is 1. The molecule has 0 unspecified atom stereocenters. The number of carbonyl (C=O) groups is 1. The van der Waals surface area contributed by atoms with E-state index in [0.29, 0.717) is 6.42 Å². The van der Waals surface area contributed by atoms with Gasteiger partial charge in [0.1, 0.15) is 0 Å². The third kappa shape index (κ3) is 3.61. The molecule has 0 bridgehead atoms. The number of carbonyl (C=O) groups excluding carboxylic acids is 1. The fourth-order valence-electron chi connectivity index (χ4n) is 1.49. The minimum Gasteiger partial charge on any atom is -0.347 e. The molecule has 2 atom stereocenters. The van der Waals surface area contributed by atoms with Crippen molar-refractivity contribution < 1.29 is 13.6 Å². The molecule has 0 fully saturated rings. The zero-order valence-corrected chi connectivity index (χ0v) is 9.09. The SMILES string of the molecule is C[C@@H](NC(=O)[C@H]1CC=CCC1)C(C)(F)F. The summed E-state index contributed by atoms with van der Waals surface area (Å²) in [7, 11) is 0. The summed E-state index contributed by atoms with van der Waals surface area (Å²) in [6.07, 6.45) is 6.22. The lowest BCUT2D eigenvalue weighted by Gasteiger charge is -2.24. The van der Waals surface area contributed by atoms with E-state index in [0.717, 1.165) is 19.8 Å². The lowest BCUT2D eigenvalue weighted by molar-refractivity contribution is -0.128. The van der Waals surface area contributed by atoms with Crippen LogP contribution in [0.5, 0.6) is 0 Å². The van der Waals surface area contributed by atoms with Crippen molar-refractivity contribution in [3.8, 4) is 0 Å². The number of nitrogens with one attached hydrogen (secondary N) is 1. The average molecular weight is 217 g/mol. The van der Waals surface area contributed by atoms with E-state index in [9.17, 15) is 13.6 Å². The summed E-state index contributed by atoms with van der Waals surface area (Å²) in [4.78, 5) is 11.6. The number of hydrogen-bond acceptors (Lipinski definition) is 1. The Kier molecular flexibility index (Phi) is 3.83. The van der Waals surface area contributed by atoms with Gasteiger partial charge in [0, 0.05) is 12.8 Å². The van der Waals surface area contributed by atoms with Gasteiger partial charge in [-0.15, -0.1) is 0 Å². The van der Waals surface area contributed by atoms with Gasteiger partial charge >= 0.3 is 0 Å². The molecule has 1 N–H and O–H groups in total. The van der Waals surface area contributed by atoms with E-state index in [-0.39, 0.29) is 11.8 Å². The molecule has 15 heavy (non-hydrogen) atoms. The number of allylic oxidation sites excluding steroid dienone is 2. The summed E-state index contributed by atoms with van der Waals surface area (Å²) in [5.41, 5.74) is 0. The van der Waals surface area contributed by atoms with Gasteiger partial charge in [-0.2, -0.15) is 0 Å². The zero-order valence-electron chi connectivity index (χ0n) is 9.09. The highest BCUT2D eigenvalue weighted by Crippen LogP contribution is 2.21. The summed E-state index contributed by atoms with van der Waals surface area (Å²) >= 11 is 0. The van der Waals surface area contributed by atoms with Crippen molar-refractivity contribution in [2.45, 2.75) is 45.1 Å². The quantitative estimate of drug-likeness (QED) is 0.723. The van der Waals surface area contributed by atoms with Crippen molar-refractivity contribution in [1.29, 1.82) is 0 Å². The van der Waals surface area contributed by atoms with E-state index in [1.54, 1.807) is 0 Å². The van der Waals surface area contributed by atoms with E-state index in [4.69, 9.17) is 0 Å². The first kappa shape index (κ1) is 12.1. The molecule has 2 nitrogen and oxygen atoms in total. The third-order valence-corrected chi connectivity index (χ3v) is 2.76. The molecule has 86 valence electrons. The standard InChI is InChI=1S/C11H17F2NO/c1-8(11(2,12)13)14-10(15)9-6-4-3-5-7-9/h3-4,8-9H,5-7H2,1-2H3,(H,14,15)/t8-,9+/m1/s1. The lowest BCUT2D eigenvalue weighted by atomic mass is 9.93. The minimum atomic E-state index is -2.86. The smallest absolute Gasteiger partial charge is 0.264 e. The monoisotopic (exact) mass is 217 g/mol. The zero-order chi connectivity index (χ0) is 11.5. The Balaban J connectivity index is 2.45. The number of alkyl halides is 2. The number of rotatable bonds is 3. The van der Waals surface area contributed by atoms with Crippen molar-refractivity contribution in [2.75, 3.05) is 0 Å². The summed E-state index contributed by atoms with van der Waals surface area (Å²) in [5.74, 6) is -3.26. The van der Waals surface area contributed by atoms with Crippen molar-refractivity contribution in [1.82, 2.24) is 5.32 Å². The van der Waals surface area contributed by atoms with E-state index >= 15 is 0 Å². The van der Waals surface area contributed by atoms with Crippen LogP contribution in [0.4, 0.5) is 8.78 Å². The first-order valence-electron chi connectivity index (χ1n) is 5.24. The van der Waals surface area contributed by atoms with Gasteiger partial charge in [0.25, 0.3) is 5.92 Å². The van der Waals surface area contributed by atoms with E-state index in [2.05, 4.69) is 5.32 Å². The number of halogens is 2. The molecule has 0 aromatic rings. The number of amides is 1. The third-order valence-electron chi connectivity index (χ3n) is 2.76. The second-order valence-electron chi connectivity index (χ2n) is 4.17. The maximum Gasteiger partial charge on any atom is 0.264 e. The summed E-state index contributed by atoms with van der Waals surface area (Å²) in [6.45, 7) is 2.15. The van der Waals surface area contributed by atoms with E-state index in [1.807, 2.05) is 12.2 Å². The largest absolute Gasteiger partial charge is 0.347 e. The Bertz CT molecular complexity index is 258. The van der Waals surface area contributed by atoms with Gasteiger partial charge in [-0.1, -0.05) is 12.2 Å². The van der Waals surface area contributed by atoms with Crippen molar-refractivity contribution >= 4 is 5.91 Å². The summed E-state index contributed by atoms with van der Waals surface area (Å²) in [6, 6.07) is -1.10. The van der Waals surface area contributed by atoms with Gasteiger partial charge in [-0.3, -0.25) is 4.79 Å². The van der Waals surface area contributed by atoms with Crippen LogP contribution in [0.2, 0.25) is 0 Å². The lowest BCUT2D eigenvalue weighted by Crippen LogP contribution is -2.46. The minimum absolute atomic E-state index is 0.139. The Labute approximate surface area is 88.7 Å². The molecule has 0 aliphatic heterocycles. The van der Waals surface area contributed by atoms with Gasteiger partial charge in [0.15, 0.2) is 0 Å². The fourth-order valence-corrected chi connectivity index (χ4v) is 1.49. The van der Waals surface area contributed by atoms with Crippen LogP contribution >= 0.6 is 0 Å². The van der Waals surface area contributed by atoms with E-state index in [1.165, 1.54) is 6.92 Å². The molecule has 0 aromatic heterocycles. The molecule has 0 radical (unpaired) electrons. The van der Waals surface area contributed by atoms with Gasteiger partial charge < -0.3 is 5.32 Å². The first-order valence-corrected chi connectivity index (χ1v) is 5.24. The van der Waals surface area contributed by atoms with Crippen molar-refractivity contribution in [3.05, 3.63) is 12.2 Å². The molecule has 1 aliphatic carbocycles. The van der Waals surface area contributed by atoms with Gasteiger partial charge in [-0.25, -0.2) is 8.78 Å². The molecule has 1 amide bonds. The Morgan fingerprint density at radius 2 is 2.20 bits per heavy atom. The molecule has 1 rings (SSSR count). The molecule has 0 heterocycles. The van der Waals surface area contributed by atoms with Crippen LogP contribution < -0.4 is 5.32 Å². The topological polar surface area (TPSA) is 29.1 Å². The molecular formula is C11H17F2NO. The molecule has 0 spiro atoms. The molecule has 0 aromatic carbocycles. The van der Waals surface area contributed by atoms with Crippen LogP contribution in [0.1, 0.15) is 33.1 Å². The highest BCUT2D eigenvalue weighted by atomic mass is 19.3. The van der Waals surface area contributed by atoms with Gasteiger partial charge in [-0.05, 0) is 26.2 Å². The Morgan fingerprint density at radius 1 is 1.53 bits per heavy atom. The second kappa shape index (κ2) is 4.73. The van der Waals surface area contributed by atoms with Crippen LogP contribution in [0.15, 0.2) is 12.2 Å². The van der Waals surface area contributed by atoms with Crippen LogP contribution in [0, 0.1) is 5.92 Å². The van der Waals surface area contributed by atoms with Crippen LogP contribution in [0.3, 0.4) is 0 Å². The predicted octanol–water partition coefficient (Wildman–Crippen LogP) is 2.50. The van der Waals surface area contributed by atoms with E-state index < -0.39 is 12.0 Å². The normalized spacial score (nSPS) is 23.6. The predicted molar refractivity (Wildman–Crippen MR) is 54.7 cm³/mol. The maximum atomic E-state index is 12.8. The molecule has 1 aliphatic rings. The van der Waals surface area contributed by atoms with Crippen LogP contribution in [0.25, 0.3) is 0 Å². The maximum absolute atomic E-state index is 12.8. The Hall–Kier alpha value is -0.930. The van der Waals surface area contributed by atoms with Crippen LogP contribution in [-0.4, -0.2) is 17.9 Å². The molecular weight excluding hydrogens is 200 g/mol. The van der Waals surface area contributed by atoms with Gasteiger partial charge in [0.05, 0.1) is 6.04 Å². The molecule has 0 saturated heterocycles. The summed E-state index contributed by atoms with van der Waals surface area (Å²) in [5, 5.41) is 2.37. The molecule has 0 saturated carbocycles. The first-order chi connectivity index (χ1) is 6.91. The fraction of sp³-hybridized carbons (Fsp3) is 0.727. The van der Waals surface area contributed by atoms with Gasteiger partial charge in [0.2, 0.25) is 5.91 Å². The van der Waals surface area contributed by atoms with Crippen molar-refractivity contribution in [2.24, 2.45) is 5.92 Å². The summed E-state index contributed by atoms with van der Waals surface area (Å²) < 4.78 is 25.6. The Morgan fingerprint density at radius 3 is 2.67 bits per heavy atom. The highest BCUT2D eigenvalue weighted by molar-refractivity contribution is 5.79. The highest BCUT2D eigenvalue weighted by Gasteiger charge is 2.32. The molecule has 4 heteroatoms. The van der Waals surface area contributed by atoms with Crippen molar-refractivity contribution in [3.63, 3.8) is 0 Å². The average Bonchev–Trinajstić information content (AvgIpc) is 2.17. The van der Waals surface area contributed by atoms with Crippen LogP contribution in [-0.2, 0) is 4.79 Å².